The van der Waals surface area contributed by atoms with E-state index < -0.39 is 0 Å². The molecular weight excluding hydrogens is 328 g/mol. The summed E-state index contributed by atoms with van der Waals surface area (Å²) in [5.41, 5.74) is 2.29. The molecule has 0 aromatic heterocycles. The third-order valence-corrected chi connectivity index (χ3v) is 3.91. The lowest BCUT2D eigenvalue weighted by molar-refractivity contribution is -0.116. The van der Waals surface area contributed by atoms with Gasteiger partial charge in [-0.15, -0.1) is 0 Å². The number of aryl methyl sites for hydroxylation is 1. The summed E-state index contributed by atoms with van der Waals surface area (Å²) < 4.78 is 5.66. The van der Waals surface area contributed by atoms with Crippen molar-refractivity contribution in [2.75, 3.05) is 18.5 Å². The van der Waals surface area contributed by atoms with Crippen LogP contribution in [-0.4, -0.2) is 25.0 Å². The van der Waals surface area contributed by atoms with Crippen LogP contribution < -0.4 is 15.4 Å². The van der Waals surface area contributed by atoms with E-state index in [9.17, 15) is 9.59 Å². The summed E-state index contributed by atoms with van der Waals surface area (Å²) in [6, 6.07) is 14.6. The monoisotopic (exact) mass is 354 g/mol. The summed E-state index contributed by atoms with van der Waals surface area (Å²) in [5.74, 6) is 0.494. The fourth-order valence-corrected chi connectivity index (χ4v) is 2.39. The highest BCUT2D eigenvalue weighted by Crippen LogP contribution is 2.21. The first-order valence-corrected chi connectivity index (χ1v) is 8.96. The first-order chi connectivity index (χ1) is 12.6. The number of amides is 2. The Bertz CT molecular complexity index is 729. The van der Waals surface area contributed by atoms with Gasteiger partial charge in [0.25, 0.3) is 5.91 Å². The zero-order valence-corrected chi connectivity index (χ0v) is 15.4. The first-order valence-electron chi connectivity index (χ1n) is 8.96. The topological polar surface area (TPSA) is 67.4 Å². The SMILES string of the molecule is CCCCOc1ccc(NC(=O)CCNC(=O)c2ccccc2)c(C)c1. The van der Waals surface area contributed by atoms with Crippen LogP contribution in [0.5, 0.6) is 5.75 Å². The second-order valence-corrected chi connectivity index (χ2v) is 6.10. The maximum absolute atomic E-state index is 12.1. The average Bonchev–Trinajstić information content (AvgIpc) is 2.65. The summed E-state index contributed by atoms with van der Waals surface area (Å²) in [6.45, 7) is 5.04. The zero-order chi connectivity index (χ0) is 18.8. The molecule has 0 heterocycles. The molecule has 0 bridgehead atoms. The minimum atomic E-state index is -0.178. The Morgan fingerprint density at radius 1 is 1.08 bits per heavy atom. The molecule has 2 N–H and O–H groups in total. The fourth-order valence-electron chi connectivity index (χ4n) is 2.39. The maximum Gasteiger partial charge on any atom is 0.251 e. The minimum Gasteiger partial charge on any atom is -0.494 e. The molecule has 2 aromatic rings. The van der Waals surface area contributed by atoms with E-state index in [0.717, 1.165) is 29.8 Å². The summed E-state index contributed by atoms with van der Waals surface area (Å²) in [6.07, 6.45) is 2.33. The number of benzene rings is 2. The van der Waals surface area contributed by atoms with Crippen LogP contribution in [0.15, 0.2) is 48.5 Å². The van der Waals surface area contributed by atoms with Gasteiger partial charge >= 0.3 is 0 Å². The highest BCUT2D eigenvalue weighted by Gasteiger charge is 2.08. The van der Waals surface area contributed by atoms with Crippen LogP contribution in [0.3, 0.4) is 0 Å². The number of unbranched alkanes of at least 4 members (excludes halogenated alkanes) is 1. The molecule has 2 amide bonds. The minimum absolute atomic E-state index is 0.138. The van der Waals surface area contributed by atoms with Gasteiger partial charge in [0.05, 0.1) is 6.61 Å². The van der Waals surface area contributed by atoms with E-state index in [1.54, 1.807) is 24.3 Å². The summed E-state index contributed by atoms with van der Waals surface area (Å²) in [5, 5.41) is 5.62. The van der Waals surface area contributed by atoms with E-state index in [1.807, 2.05) is 31.2 Å². The molecule has 5 heteroatoms. The van der Waals surface area contributed by atoms with Crippen LogP contribution in [0.25, 0.3) is 0 Å². The van der Waals surface area contributed by atoms with Crippen molar-refractivity contribution >= 4 is 17.5 Å². The van der Waals surface area contributed by atoms with Gasteiger partial charge in [0.15, 0.2) is 0 Å². The number of carbonyl (C=O) groups is 2. The molecular formula is C21H26N2O3. The Kier molecular flexibility index (Phi) is 7.68. The van der Waals surface area contributed by atoms with Gasteiger partial charge in [0, 0.05) is 24.2 Å². The second kappa shape index (κ2) is 10.2. The van der Waals surface area contributed by atoms with Crippen LogP contribution in [0, 0.1) is 6.92 Å². The lowest BCUT2D eigenvalue weighted by Gasteiger charge is -2.11. The molecule has 0 radical (unpaired) electrons. The van der Waals surface area contributed by atoms with Crippen molar-refractivity contribution in [2.45, 2.75) is 33.1 Å². The molecule has 2 rings (SSSR count). The Hall–Kier alpha value is -2.82. The fraction of sp³-hybridized carbons (Fsp3) is 0.333. The molecule has 0 saturated heterocycles. The third-order valence-electron chi connectivity index (χ3n) is 3.91. The molecule has 2 aromatic carbocycles. The molecule has 0 saturated carbocycles. The third kappa shape index (κ3) is 6.24. The first kappa shape index (κ1) is 19.5. The van der Waals surface area contributed by atoms with E-state index in [0.29, 0.717) is 12.2 Å². The number of hydrogen-bond donors (Lipinski definition) is 2. The lowest BCUT2D eigenvalue weighted by Crippen LogP contribution is -2.27. The van der Waals surface area contributed by atoms with E-state index in [2.05, 4.69) is 17.6 Å². The largest absolute Gasteiger partial charge is 0.494 e. The molecule has 0 aliphatic rings. The molecule has 0 aliphatic carbocycles. The van der Waals surface area contributed by atoms with Crippen molar-refractivity contribution < 1.29 is 14.3 Å². The van der Waals surface area contributed by atoms with Crippen LogP contribution >= 0.6 is 0 Å². The molecule has 138 valence electrons. The van der Waals surface area contributed by atoms with Gasteiger partial charge in [0.1, 0.15) is 5.75 Å². The quantitative estimate of drug-likeness (QED) is 0.671. The molecule has 0 unspecified atom stereocenters. The van der Waals surface area contributed by atoms with Crippen LogP contribution in [-0.2, 0) is 4.79 Å². The van der Waals surface area contributed by atoms with Crippen LogP contribution in [0.1, 0.15) is 42.1 Å². The highest BCUT2D eigenvalue weighted by atomic mass is 16.5. The molecule has 26 heavy (non-hydrogen) atoms. The summed E-state index contributed by atoms with van der Waals surface area (Å²) in [4.78, 5) is 24.0. The van der Waals surface area contributed by atoms with Crippen molar-refractivity contribution in [1.82, 2.24) is 5.32 Å². The summed E-state index contributed by atoms with van der Waals surface area (Å²) >= 11 is 0. The number of rotatable bonds is 9. The smallest absolute Gasteiger partial charge is 0.251 e. The molecule has 0 spiro atoms. The van der Waals surface area contributed by atoms with Gasteiger partial charge in [0.2, 0.25) is 5.91 Å². The van der Waals surface area contributed by atoms with Crippen LogP contribution in [0.4, 0.5) is 5.69 Å². The van der Waals surface area contributed by atoms with E-state index in [-0.39, 0.29) is 24.8 Å². The van der Waals surface area contributed by atoms with Crippen molar-refractivity contribution in [1.29, 1.82) is 0 Å². The number of carbonyl (C=O) groups excluding carboxylic acids is 2. The maximum atomic E-state index is 12.1. The average molecular weight is 354 g/mol. The van der Waals surface area contributed by atoms with Crippen molar-refractivity contribution in [3.8, 4) is 5.75 Å². The number of anilines is 1. The number of hydrogen-bond acceptors (Lipinski definition) is 3. The van der Waals surface area contributed by atoms with Crippen molar-refractivity contribution in [3.63, 3.8) is 0 Å². The van der Waals surface area contributed by atoms with Gasteiger partial charge < -0.3 is 15.4 Å². The lowest BCUT2D eigenvalue weighted by atomic mass is 10.2. The van der Waals surface area contributed by atoms with Crippen LogP contribution in [0.2, 0.25) is 0 Å². The van der Waals surface area contributed by atoms with Crippen molar-refractivity contribution in [3.05, 3.63) is 59.7 Å². The highest BCUT2D eigenvalue weighted by molar-refractivity contribution is 5.95. The number of nitrogens with one attached hydrogen (secondary N) is 2. The second-order valence-electron chi connectivity index (χ2n) is 6.10. The van der Waals surface area contributed by atoms with Gasteiger partial charge in [-0.05, 0) is 49.2 Å². The van der Waals surface area contributed by atoms with Crippen molar-refractivity contribution in [2.24, 2.45) is 0 Å². The zero-order valence-electron chi connectivity index (χ0n) is 15.4. The summed E-state index contributed by atoms with van der Waals surface area (Å²) in [7, 11) is 0. The van der Waals surface area contributed by atoms with E-state index in [4.69, 9.17) is 4.74 Å². The van der Waals surface area contributed by atoms with E-state index >= 15 is 0 Å². The molecule has 0 atom stereocenters. The van der Waals surface area contributed by atoms with E-state index in [1.165, 1.54) is 0 Å². The number of ether oxygens (including phenoxy) is 1. The Morgan fingerprint density at radius 3 is 2.54 bits per heavy atom. The normalized spacial score (nSPS) is 10.2. The van der Waals surface area contributed by atoms with Gasteiger partial charge in [-0.2, -0.15) is 0 Å². The molecule has 0 aliphatic heterocycles. The molecule has 5 nitrogen and oxygen atoms in total. The Morgan fingerprint density at radius 2 is 1.85 bits per heavy atom. The standard InChI is InChI=1S/C21H26N2O3/c1-3-4-14-26-18-10-11-19(16(2)15-18)23-20(24)12-13-22-21(25)17-8-6-5-7-9-17/h5-11,15H,3-4,12-14H2,1-2H3,(H,22,25)(H,23,24). The Labute approximate surface area is 154 Å². The Balaban J connectivity index is 1.77. The molecule has 0 fully saturated rings. The van der Waals surface area contributed by atoms with Gasteiger partial charge in [-0.1, -0.05) is 31.5 Å². The van der Waals surface area contributed by atoms with Gasteiger partial charge in [-0.25, -0.2) is 0 Å². The predicted octanol–water partition coefficient (Wildman–Crippen LogP) is 3.93. The predicted molar refractivity (Wildman–Crippen MR) is 104 cm³/mol. The van der Waals surface area contributed by atoms with Gasteiger partial charge in [-0.3, -0.25) is 9.59 Å².